The lowest BCUT2D eigenvalue weighted by Gasteiger charge is -2.12. The second-order valence-electron chi connectivity index (χ2n) is 5.00. The van der Waals surface area contributed by atoms with Crippen molar-refractivity contribution in [3.8, 4) is 5.69 Å². The highest BCUT2D eigenvalue weighted by Crippen LogP contribution is 2.24. The molecule has 3 N–H and O–H groups in total. The normalized spacial score (nSPS) is 11.8. The highest BCUT2D eigenvalue weighted by molar-refractivity contribution is 7.92. The summed E-state index contributed by atoms with van der Waals surface area (Å²) in [4.78, 5) is 11.7. The van der Waals surface area contributed by atoms with Gasteiger partial charge in [-0.15, -0.1) is 5.10 Å². The summed E-state index contributed by atoms with van der Waals surface area (Å²) in [5.41, 5.74) is 3.49. The topological polar surface area (TPSA) is 112 Å². The lowest BCUT2D eigenvalue weighted by molar-refractivity contribution is 0.136. The Kier molecular flexibility index (Phi) is 4.90. The van der Waals surface area contributed by atoms with Crippen LogP contribution in [0.1, 0.15) is 17.8 Å². The largest absolute Gasteiger partial charge is 0.389 e. The monoisotopic (exact) mass is 395 g/mol. The Morgan fingerprint density at radius 2 is 2.00 bits per heavy atom. The molecule has 0 fully saturated rings. The molecule has 1 aromatic carbocycles. The van der Waals surface area contributed by atoms with Crippen LogP contribution < -0.4 is 16.1 Å². The molecule has 0 aliphatic heterocycles. The van der Waals surface area contributed by atoms with E-state index in [2.05, 4.69) is 9.82 Å². The molecular formula is C12H12F3N5O3S2. The number of halogens is 3. The van der Waals surface area contributed by atoms with E-state index in [9.17, 15) is 26.4 Å². The van der Waals surface area contributed by atoms with Crippen molar-refractivity contribution < 1.29 is 21.6 Å². The van der Waals surface area contributed by atoms with Gasteiger partial charge in [0.25, 0.3) is 6.43 Å². The molecule has 0 spiro atoms. The number of benzene rings is 1. The number of nitrogens with zero attached hydrogens (tertiary/aromatic N) is 3. The van der Waals surface area contributed by atoms with Crippen molar-refractivity contribution in [1.29, 1.82) is 0 Å². The molecule has 2 rings (SSSR count). The fraction of sp³-hybridized carbons (Fsp3) is 0.250. The molecule has 0 saturated carbocycles. The number of hydrogen-bond donors (Lipinski definition) is 2. The second-order valence-corrected chi connectivity index (χ2v) is 7.19. The van der Waals surface area contributed by atoms with Gasteiger partial charge in [-0.3, -0.25) is 9.29 Å². The molecule has 0 atom stereocenters. The Labute approximate surface area is 145 Å². The molecule has 0 unspecified atom stereocenters. The molecule has 0 amide bonds. The summed E-state index contributed by atoms with van der Waals surface area (Å²) in [5, 5.41) is 3.39. The van der Waals surface area contributed by atoms with Crippen LogP contribution in [0.3, 0.4) is 0 Å². The quantitative estimate of drug-likeness (QED) is 0.719. The Morgan fingerprint density at radius 1 is 1.40 bits per heavy atom. The van der Waals surface area contributed by atoms with E-state index in [0.717, 1.165) is 25.4 Å². The molecule has 0 bridgehead atoms. The number of sulfonamides is 1. The average molecular weight is 395 g/mol. The Balaban J connectivity index is 2.75. The van der Waals surface area contributed by atoms with Gasteiger partial charge in [0.1, 0.15) is 16.5 Å². The van der Waals surface area contributed by atoms with Crippen molar-refractivity contribution in [3.05, 3.63) is 39.8 Å². The first-order chi connectivity index (χ1) is 11.4. The summed E-state index contributed by atoms with van der Waals surface area (Å²) in [5.74, 6) is -1.93. The highest BCUT2D eigenvalue weighted by Gasteiger charge is 2.23. The van der Waals surface area contributed by atoms with E-state index < -0.39 is 39.5 Å². The Morgan fingerprint density at radius 3 is 2.44 bits per heavy atom. The predicted molar refractivity (Wildman–Crippen MR) is 88.1 cm³/mol. The molecule has 0 radical (unpaired) electrons. The minimum atomic E-state index is -3.79. The first-order valence-corrected chi connectivity index (χ1v) is 8.78. The highest BCUT2D eigenvalue weighted by atomic mass is 32.2. The van der Waals surface area contributed by atoms with Crippen molar-refractivity contribution in [2.75, 3.05) is 11.0 Å². The number of thiocarbonyl (C=S) groups is 1. The van der Waals surface area contributed by atoms with Crippen LogP contribution in [0, 0.1) is 5.82 Å². The van der Waals surface area contributed by atoms with Crippen molar-refractivity contribution in [2.24, 2.45) is 12.8 Å². The van der Waals surface area contributed by atoms with Gasteiger partial charge in [0, 0.05) is 12.6 Å². The summed E-state index contributed by atoms with van der Waals surface area (Å²) < 4.78 is 66.0. The third-order valence-corrected chi connectivity index (χ3v) is 3.90. The summed E-state index contributed by atoms with van der Waals surface area (Å²) in [7, 11) is -2.75. The van der Waals surface area contributed by atoms with E-state index in [0.29, 0.717) is 9.25 Å². The standard InChI is InChI=1S/C12H12F3N5O3S2/c1-19-11(9(14)15)17-20(12(19)21)8-4-7(18-25(2,22)23)5(10(16)24)3-6(8)13/h3-4,9,18H,1-2H3,(H2,16,24). The first kappa shape index (κ1) is 18.9. The smallest absolute Gasteiger partial charge is 0.350 e. The van der Waals surface area contributed by atoms with Crippen LogP contribution in [0.15, 0.2) is 16.9 Å². The van der Waals surface area contributed by atoms with E-state index in [4.69, 9.17) is 18.0 Å². The molecule has 13 heteroatoms. The van der Waals surface area contributed by atoms with E-state index in [-0.39, 0.29) is 16.2 Å². The van der Waals surface area contributed by atoms with E-state index in [1.54, 1.807) is 0 Å². The van der Waals surface area contributed by atoms with Gasteiger partial charge in [-0.25, -0.2) is 26.4 Å². The van der Waals surface area contributed by atoms with Crippen LogP contribution >= 0.6 is 12.2 Å². The first-order valence-electron chi connectivity index (χ1n) is 6.48. The molecule has 0 saturated heterocycles. The van der Waals surface area contributed by atoms with Crippen molar-refractivity contribution in [3.63, 3.8) is 0 Å². The minimum absolute atomic E-state index is 0.139. The van der Waals surface area contributed by atoms with Gasteiger partial charge in [-0.2, -0.15) is 4.68 Å². The second kappa shape index (κ2) is 6.48. The number of anilines is 1. The number of alkyl halides is 2. The van der Waals surface area contributed by atoms with Gasteiger partial charge >= 0.3 is 5.69 Å². The maximum atomic E-state index is 14.3. The number of rotatable bonds is 5. The maximum absolute atomic E-state index is 14.3. The van der Waals surface area contributed by atoms with Crippen LogP contribution in [-0.2, 0) is 17.1 Å². The van der Waals surface area contributed by atoms with Gasteiger partial charge in [0.05, 0.1) is 11.9 Å². The number of nitrogens with one attached hydrogen (secondary N) is 1. The van der Waals surface area contributed by atoms with E-state index >= 15 is 0 Å². The average Bonchev–Trinajstić information content (AvgIpc) is 2.75. The summed E-state index contributed by atoms with van der Waals surface area (Å²) in [6, 6.07) is 1.68. The van der Waals surface area contributed by atoms with Crippen LogP contribution in [-0.4, -0.2) is 34.0 Å². The number of nitrogens with two attached hydrogens (primary N) is 1. The zero-order valence-electron chi connectivity index (χ0n) is 12.8. The lowest BCUT2D eigenvalue weighted by Crippen LogP contribution is -2.24. The third kappa shape index (κ3) is 3.82. The fourth-order valence-electron chi connectivity index (χ4n) is 2.01. The zero-order chi connectivity index (χ0) is 19.1. The molecule has 0 aliphatic carbocycles. The molecule has 1 heterocycles. The Bertz CT molecular complexity index is 1010. The SMILES string of the molecule is Cn1c(C(F)F)nn(-c2cc(NS(C)(=O)=O)c(C(N)=S)cc2F)c1=O. The summed E-state index contributed by atoms with van der Waals surface area (Å²) in [6.45, 7) is 0. The van der Waals surface area contributed by atoms with Crippen LogP contribution in [0.2, 0.25) is 0 Å². The molecular weight excluding hydrogens is 383 g/mol. The van der Waals surface area contributed by atoms with Crippen molar-refractivity contribution in [1.82, 2.24) is 14.3 Å². The van der Waals surface area contributed by atoms with Gasteiger partial charge in [-0.05, 0) is 12.1 Å². The molecule has 2 aromatic rings. The lowest BCUT2D eigenvalue weighted by atomic mass is 10.1. The predicted octanol–water partition coefficient (Wildman–Crippen LogP) is 0.653. The van der Waals surface area contributed by atoms with Crippen LogP contribution in [0.5, 0.6) is 0 Å². The Hall–Kier alpha value is -2.41. The third-order valence-electron chi connectivity index (χ3n) is 3.09. The fourth-order valence-corrected chi connectivity index (χ4v) is 2.75. The molecule has 25 heavy (non-hydrogen) atoms. The van der Waals surface area contributed by atoms with Crippen molar-refractivity contribution >= 4 is 32.9 Å². The number of aromatic nitrogens is 3. The van der Waals surface area contributed by atoms with Crippen LogP contribution in [0.25, 0.3) is 5.69 Å². The molecule has 0 aliphatic rings. The maximum Gasteiger partial charge on any atom is 0.350 e. The van der Waals surface area contributed by atoms with Gasteiger partial charge < -0.3 is 5.73 Å². The summed E-state index contributed by atoms with van der Waals surface area (Å²) >= 11 is 4.73. The zero-order valence-corrected chi connectivity index (χ0v) is 14.5. The van der Waals surface area contributed by atoms with Crippen molar-refractivity contribution in [2.45, 2.75) is 6.43 Å². The molecule has 136 valence electrons. The van der Waals surface area contributed by atoms with Crippen LogP contribution in [0.4, 0.5) is 18.9 Å². The molecule has 8 nitrogen and oxygen atoms in total. The van der Waals surface area contributed by atoms with Gasteiger partial charge in [-0.1, -0.05) is 12.2 Å². The molecule has 1 aromatic heterocycles. The number of hydrogen-bond acceptors (Lipinski definition) is 5. The minimum Gasteiger partial charge on any atom is -0.389 e. The van der Waals surface area contributed by atoms with Gasteiger partial charge in [0.2, 0.25) is 15.8 Å². The van der Waals surface area contributed by atoms with E-state index in [1.807, 2.05) is 0 Å². The summed E-state index contributed by atoms with van der Waals surface area (Å²) in [6.07, 6.45) is -2.23. The van der Waals surface area contributed by atoms with E-state index in [1.165, 1.54) is 0 Å². The van der Waals surface area contributed by atoms with Gasteiger partial charge in [0.15, 0.2) is 0 Å².